The van der Waals surface area contributed by atoms with Gasteiger partial charge in [-0.2, -0.15) is 4.90 Å². The summed E-state index contributed by atoms with van der Waals surface area (Å²) >= 11 is 0. The van der Waals surface area contributed by atoms with Crippen molar-refractivity contribution in [1.82, 2.24) is 4.90 Å². The van der Waals surface area contributed by atoms with Crippen LogP contribution in [0.5, 0.6) is 5.75 Å². The van der Waals surface area contributed by atoms with E-state index in [1.807, 2.05) is 6.07 Å². The molecule has 0 unspecified atom stereocenters. The number of imide groups is 1. The first-order valence-electron chi connectivity index (χ1n) is 11.5. The molecule has 1 aromatic carbocycles. The average molecular weight is 480 g/mol. The van der Waals surface area contributed by atoms with Crippen LogP contribution in [0.3, 0.4) is 0 Å². The standard InChI is InChI=1S/C25H37NO8/c1-16-20(32-17-12-9-8-10-13-17)19(27)15-11-14-18(21(28)31-16)26(22(29)33-24(2,3)4)23(30)34-25(5,6)7/h8-10,12-13,16,18-20,27H,11,14-15H2,1-7H3/t16-,18-,19-,20-/m0/s1. The normalized spacial score (nSPS) is 24.1. The van der Waals surface area contributed by atoms with Crippen molar-refractivity contribution in [3.05, 3.63) is 30.3 Å². The molecule has 34 heavy (non-hydrogen) atoms. The van der Waals surface area contributed by atoms with Gasteiger partial charge in [0.05, 0.1) is 6.10 Å². The number of carbonyl (C=O) groups excluding carboxylic acids is 3. The second kappa shape index (κ2) is 11.1. The molecule has 0 radical (unpaired) electrons. The molecule has 0 bridgehead atoms. The van der Waals surface area contributed by atoms with Crippen LogP contribution in [-0.2, 0) is 19.0 Å². The van der Waals surface area contributed by atoms with Crippen LogP contribution in [0, 0.1) is 0 Å². The highest BCUT2D eigenvalue weighted by Crippen LogP contribution is 2.26. The van der Waals surface area contributed by atoms with Gasteiger partial charge in [0.15, 0.2) is 6.10 Å². The lowest BCUT2D eigenvalue weighted by molar-refractivity contribution is -0.161. The van der Waals surface area contributed by atoms with Crippen LogP contribution in [0.15, 0.2) is 30.3 Å². The second-order valence-electron chi connectivity index (χ2n) is 10.4. The molecule has 2 amide bonds. The zero-order valence-corrected chi connectivity index (χ0v) is 21.1. The van der Waals surface area contributed by atoms with Crippen molar-refractivity contribution in [2.75, 3.05) is 0 Å². The van der Waals surface area contributed by atoms with E-state index in [-0.39, 0.29) is 12.8 Å². The minimum Gasteiger partial charge on any atom is -0.484 e. The Labute approximate surface area is 201 Å². The predicted octanol–water partition coefficient (Wildman–Crippen LogP) is 4.45. The number of para-hydroxylation sites is 1. The lowest BCUT2D eigenvalue weighted by Gasteiger charge is -2.33. The molecule has 1 N–H and O–H groups in total. The van der Waals surface area contributed by atoms with Crippen molar-refractivity contribution >= 4 is 18.2 Å². The molecule has 190 valence electrons. The number of aliphatic hydroxyl groups excluding tert-OH is 1. The minimum absolute atomic E-state index is 0.0686. The number of rotatable bonds is 3. The molecule has 0 spiro atoms. The van der Waals surface area contributed by atoms with Crippen LogP contribution >= 0.6 is 0 Å². The summed E-state index contributed by atoms with van der Waals surface area (Å²) in [6.45, 7) is 11.5. The SMILES string of the molecule is C[C@@H]1OC(=O)[C@@H](N(C(=O)OC(C)(C)C)C(=O)OC(C)(C)C)CCC[C@H](O)[C@H]1Oc1ccccc1. The third-order valence-corrected chi connectivity index (χ3v) is 4.90. The number of carbonyl (C=O) groups is 3. The van der Waals surface area contributed by atoms with Crippen molar-refractivity contribution in [1.29, 1.82) is 0 Å². The lowest BCUT2D eigenvalue weighted by atomic mass is 10.0. The Bertz CT molecular complexity index is 815. The number of aliphatic hydroxyl groups is 1. The summed E-state index contributed by atoms with van der Waals surface area (Å²) in [5, 5.41) is 10.8. The van der Waals surface area contributed by atoms with Gasteiger partial charge in [-0.3, -0.25) is 0 Å². The van der Waals surface area contributed by atoms with Gasteiger partial charge in [-0.1, -0.05) is 18.2 Å². The van der Waals surface area contributed by atoms with Crippen LogP contribution in [0.25, 0.3) is 0 Å². The van der Waals surface area contributed by atoms with Crippen LogP contribution in [0.1, 0.15) is 67.7 Å². The van der Waals surface area contributed by atoms with E-state index in [0.717, 1.165) is 0 Å². The summed E-state index contributed by atoms with van der Waals surface area (Å²) < 4.78 is 22.3. The first-order valence-corrected chi connectivity index (χ1v) is 11.5. The zero-order valence-electron chi connectivity index (χ0n) is 21.1. The molecule has 1 saturated heterocycles. The topological polar surface area (TPSA) is 112 Å². The fourth-order valence-corrected chi connectivity index (χ4v) is 3.46. The van der Waals surface area contributed by atoms with Gasteiger partial charge in [-0.15, -0.1) is 0 Å². The van der Waals surface area contributed by atoms with Crippen molar-refractivity contribution in [2.45, 2.75) is 103 Å². The van der Waals surface area contributed by atoms with Crippen LogP contribution in [-0.4, -0.2) is 63.7 Å². The van der Waals surface area contributed by atoms with Crippen molar-refractivity contribution in [3.8, 4) is 5.75 Å². The molecule has 1 aliphatic rings. The van der Waals surface area contributed by atoms with Crippen LogP contribution in [0.4, 0.5) is 9.59 Å². The van der Waals surface area contributed by atoms with Gasteiger partial charge < -0.3 is 24.1 Å². The van der Waals surface area contributed by atoms with E-state index in [1.54, 1.807) is 72.7 Å². The number of ether oxygens (including phenoxy) is 4. The minimum atomic E-state index is -1.28. The number of amides is 2. The van der Waals surface area contributed by atoms with Gasteiger partial charge in [0.25, 0.3) is 0 Å². The lowest BCUT2D eigenvalue weighted by Crippen LogP contribution is -2.53. The van der Waals surface area contributed by atoms with Gasteiger partial charge >= 0.3 is 18.2 Å². The summed E-state index contributed by atoms with van der Waals surface area (Å²) in [4.78, 5) is 39.9. The Balaban J connectivity index is 2.32. The maximum atomic E-state index is 13.2. The number of esters is 1. The number of nitrogens with zero attached hydrogens (tertiary/aromatic N) is 1. The fraction of sp³-hybridized carbons (Fsp3) is 0.640. The Kier molecular flexibility index (Phi) is 8.94. The molecule has 0 aliphatic carbocycles. The molecule has 1 heterocycles. The quantitative estimate of drug-likeness (QED) is 0.500. The molecule has 9 heteroatoms. The maximum absolute atomic E-state index is 13.2. The highest BCUT2D eigenvalue weighted by molar-refractivity contribution is 5.94. The van der Waals surface area contributed by atoms with E-state index in [0.29, 0.717) is 17.1 Å². The molecule has 1 fully saturated rings. The smallest absolute Gasteiger partial charge is 0.420 e. The highest BCUT2D eigenvalue weighted by atomic mass is 16.6. The van der Waals surface area contributed by atoms with E-state index >= 15 is 0 Å². The number of benzene rings is 1. The summed E-state index contributed by atoms with van der Waals surface area (Å²) in [5.41, 5.74) is -1.81. The molecule has 1 aromatic rings. The van der Waals surface area contributed by atoms with E-state index in [2.05, 4.69) is 0 Å². The largest absolute Gasteiger partial charge is 0.484 e. The van der Waals surface area contributed by atoms with Gasteiger partial charge in [-0.25, -0.2) is 14.4 Å². The zero-order chi connectivity index (χ0) is 25.7. The Hall–Kier alpha value is -2.81. The summed E-state index contributed by atoms with van der Waals surface area (Å²) in [7, 11) is 0. The van der Waals surface area contributed by atoms with Crippen molar-refractivity contribution in [2.24, 2.45) is 0 Å². The third-order valence-electron chi connectivity index (χ3n) is 4.90. The van der Waals surface area contributed by atoms with Crippen LogP contribution < -0.4 is 4.74 Å². The van der Waals surface area contributed by atoms with Gasteiger partial charge in [0, 0.05) is 0 Å². The molecular weight excluding hydrogens is 442 g/mol. The molecule has 4 atom stereocenters. The Morgan fingerprint density at radius 3 is 2.00 bits per heavy atom. The molecule has 0 saturated carbocycles. The van der Waals surface area contributed by atoms with E-state index in [1.165, 1.54) is 0 Å². The molecule has 2 rings (SSSR count). The number of hydrogen-bond donors (Lipinski definition) is 1. The number of hydrogen-bond acceptors (Lipinski definition) is 8. The molecular formula is C25H37NO8. The van der Waals surface area contributed by atoms with Gasteiger partial charge in [-0.05, 0) is 79.9 Å². The fourth-order valence-electron chi connectivity index (χ4n) is 3.46. The van der Waals surface area contributed by atoms with E-state index in [4.69, 9.17) is 18.9 Å². The van der Waals surface area contributed by atoms with Gasteiger partial charge in [0.1, 0.15) is 29.1 Å². The highest BCUT2D eigenvalue weighted by Gasteiger charge is 2.43. The molecule has 9 nitrogen and oxygen atoms in total. The van der Waals surface area contributed by atoms with Crippen LogP contribution in [0.2, 0.25) is 0 Å². The first kappa shape index (κ1) is 27.4. The van der Waals surface area contributed by atoms with E-state index in [9.17, 15) is 19.5 Å². The average Bonchev–Trinajstić information content (AvgIpc) is 2.72. The molecule has 1 aliphatic heterocycles. The second-order valence-corrected chi connectivity index (χ2v) is 10.4. The molecule has 0 aromatic heterocycles. The summed E-state index contributed by atoms with van der Waals surface area (Å²) in [5.74, 6) is -0.283. The van der Waals surface area contributed by atoms with Crippen molar-refractivity contribution in [3.63, 3.8) is 0 Å². The summed E-state index contributed by atoms with van der Waals surface area (Å²) in [6, 6.07) is 7.62. The van der Waals surface area contributed by atoms with Gasteiger partial charge in [0.2, 0.25) is 0 Å². The maximum Gasteiger partial charge on any atom is 0.420 e. The van der Waals surface area contributed by atoms with E-state index < -0.39 is 53.7 Å². The predicted molar refractivity (Wildman–Crippen MR) is 124 cm³/mol. The number of cyclic esters (lactones) is 1. The Morgan fingerprint density at radius 2 is 1.50 bits per heavy atom. The first-order chi connectivity index (χ1) is 15.7. The van der Waals surface area contributed by atoms with Crippen molar-refractivity contribution < 1.29 is 38.4 Å². The Morgan fingerprint density at radius 1 is 0.971 bits per heavy atom. The summed E-state index contributed by atoms with van der Waals surface area (Å²) in [6.07, 6.45) is -3.97. The monoisotopic (exact) mass is 479 g/mol. The third kappa shape index (κ3) is 8.20.